The first-order valence-electron chi connectivity index (χ1n) is 5.68. The van der Waals surface area contributed by atoms with E-state index in [0.29, 0.717) is 17.2 Å². The largest absolute Gasteiger partial charge is 0.573 e. The molecule has 0 aliphatic heterocycles. The maximum atomic E-state index is 12.0. The number of halogens is 3. The molecule has 0 aliphatic rings. The van der Waals surface area contributed by atoms with Crippen molar-refractivity contribution in [3.8, 4) is 5.75 Å². The van der Waals surface area contributed by atoms with Gasteiger partial charge >= 0.3 is 6.36 Å². The van der Waals surface area contributed by atoms with E-state index in [1.54, 1.807) is 12.3 Å². The number of alkyl halides is 3. The molecule has 2 aromatic rings. The summed E-state index contributed by atoms with van der Waals surface area (Å²) in [6, 6.07) is 7.06. The molecule has 0 aliphatic carbocycles. The van der Waals surface area contributed by atoms with E-state index in [1.165, 1.54) is 24.3 Å². The smallest absolute Gasteiger partial charge is 0.406 e. The monoisotopic (exact) mass is 283 g/mol. The van der Waals surface area contributed by atoms with E-state index < -0.39 is 6.36 Å². The van der Waals surface area contributed by atoms with Gasteiger partial charge in [-0.2, -0.15) is 0 Å². The first-order chi connectivity index (χ1) is 9.33. The molecule has 1 aromatic carbocycles. The Morgan fingerprint density at radius 1 is 1.20 bits per heavy atom. The molecule has 3 N–H and O–H groups in total. The Hall–Kier alpha value is -2.44. The topological polar surface area (TPSA) is 60.2 Å². The van der Waals surface area contributed by atoms with Crippen LogP contribution in [0.15, 0.2) is 36.5 Å². The summed E-state index contributed by atoms with van der Waals surface area (Å²) >= 11 is 0. The van der Waals surface area contributed by atoms with E-state index in [2.05, 4.69) is 15.0 Å². The summed E-state index contributed by atoms with van der Waals surface area (Å²) in [6.07, 6.45) is -3.06. The molecule has 20 heavy (non-hydrogen) atoms. The standard InChI is InChI=1S/C13H12F3N3O/c1-8-6-11(17)12(18-7-8)19-9-2-4-10(5-3-9)20-13(14,15)16/h2-7H,17H2,1H3,(H,18,19). The Morgan fingerprint density at radius 2 is 1.85 bits per heavy atom. The molecule has 0 saturated heterocycles. The Morgan fingerprint density at radius 3 is 2.40 bits per heavy atom. The summed E-state index contributed by atoms with van der Waals surface area (Å²) in [7, 11) is 0. The SMILES string of the molecule is Cc1cnc(Nc2ccc(OC(F)(F)F)cc2)c(N)c1. The van der Waals surface area contributed by atoms with Crippen LogP contribution < -0.4 is 15.8 Å². The average molecular weight is 283 g/mol. The van der Waals surface area contributed by atoms with Crippen LogP contribution in [-0.2, 0) is 0 Å². The molecular weight excluding hydrogens is 271 g/mol. The lowest BCUT2D eigenvalue weighted by atomic mass is 10.2. The number of ether oxygens (including phenoxy) is 1. The number of nitrogens with zero attached hydrogens (tertiary/aromatic N) is 1. The van der Waals surface area contributed by atoms with Gasteiger partial charge in [0.15, 0.2) is 5.82 Å². The molecule has 0 radical (unpaired) electrons. The molecule has 0 amide bonds. The molecule has 4 nitrogen and oxygen atoms in total. The van der Waals surface area contributed by atoms with E-state index >= 15 is 0 Å². The van der Waals surface area contributed by atoms with Crippen molar-refractivity contribution in [2.75, 3.05) is 11.1 Å². The second-order valence-electron chi connectivity index (χ2n) is 4.15. The number of hydrogen-bond donors (Lipinski definition) is 2. The summed E-state index contributed by atoms with van der Waals surface area (Å²) in [5.41, 5.74) is 7.72. The van der Waals surface area contributed by atoms with Gasteiger partial charge in [-0.15, -0.1) is 13.2 Å². The van der Waals surface area contributed by atoms with E-state index in [0.717, 1.165) is 5.56 Å². The summed E-state index contributed by atoms with van der Waals surface area (Å²) in [6.45, 7) is 1.86. The Kier molecular flexibility index (Phi) is 3.69. The molecule has 1 aromatic heterocycles. The van der Waals surface area contributed by atoms with Crippen molar-refractivity contribution in [3.63, 3.8) is 0 Å². The normalized spacial score (nSPS) is 11.2. The van der Waals surface area contributed by atoms with E-state index in [1.807, 2.05) is 6.92 Å². The zero-order valence-electron chi connectivity index (χ0n) is 10.5. The van der Waals surface area contributed by atoms with Crippen LogP contribution in [0.25, 0.3) is 0 Å². The molecule has 0 atom stereocenters. The highest BCUT2D eigenvalue weighted by Gasteiger charge is 2.30. The van der Waals surface area contributed by atoms with Gasteiger partial charge in [-0.05, 0) is 42.8 Å². The lowest BCUT2D eigenvalue weighted by molar-refractivity contribution is -0.274. The molecule has 2 rings (SSSR count). The fourth-order valence-electron chi connectivity index (χ4n) is 1.57. The lowest BCUT2D eigenvalue weighted by Crippen LogP contribution is -2.16. The van der Waals surface area contributed by atoms with Gasteiger partial charge in [-0.1, -0.05) is 0 Å². The van der Waals surface area contributed by atoms with Crippen molar-refractivity contribution in [1.82, 2.24) is 4.98 Å². The van der Waals surface area contributed by atoms with Crippen LogP contribution in [0.1, 0.15) is 5.56 Å². The molecule has 106 valence electrons. The maximum Gasteiger partial charge on any atom is 0.573 e. The van der Waals surface area contributed by atoms with Gasteiger partial charge < -0.3 is 15.8 Å². The maximum absolute atomic E-state index is 12.0. The molecule has 1 heterocycles. The zero-order chi connectivity index (χ0) is 14.8. The predicted octanol–water partition coefficient (Wildman–Crippen LogP) is 3.61. The number of nitrogen functional groups attached to an aromatic ring is 1. The number of hydrogen-bond acceptors (Lipinski definition) is 4. The van der Waals surface area contributed by atoms with Crippen LogP contribution in [0.2, 0.25) is 0 Å². The van der Waals surface area contributed by atoms with Gasteiger partial charge in [-0.3, -0.25) is 0 Å². The van der Waals surface area contributed by atoms with Crippen molar-refractivity contribution >= 4 is 17.2 Å². The molecular formula is C13H12F3N3O. The molecule has 0 saturated carbocycles. The fourth-order valence-corrected chi connectivity index (χ4v) is 1.57. The average Bonchev–Trinajstić information content (AvgIpc) is 2.33. The minimum Gasteiger partial charge on any atom is -0.406 e. The minimum atomic E-state index is -4.70. The second-order valence-corrected chi connectivity index (χ2v) is 4.15. The summed E-state index contributed by atoms with van der Waals surface area (Å²) < 4.78 is 39.8. The van der Waals surface area contributed by atoms with Crippen molar-refractivity contribution in [2.24, 2.45) is 0 Å². The fraction of sp³-hybridized carbons (Fsp3) is 0.154. The molecule has 0 fully saturated rings. The summed E-state index contributed by atoms with van der Waals surface area (Å²) in [5.74, 6) is 0.160. The molecule has 0 spiro atoms. The first kappa shape index (κ1) is 14.0. The molecule has 0 bridgehead atoms. The summed E-state index contributed by atoms with van der Waals surface area (Å²) in [4.78, 5) is 4.11. The van der Waals surface area contributed by atoms with Gasteiger partial charge in [0.1, 0.15) is 5.75 Å². The Balaban J connectivity index is 2.11. The Labute approximate surface area is 113 Å². The number of aryl methyl sites for hydroxylation is 1. The number of pyridine rings is 1. The van der Waals surface area contributed by atoms with E-state index in [9.17, 15) is 13.2 Å². The van der Waals surface area contributed by atoms with Crippen LogP contribution in [-0.4, -0.2) is 11.3 Å². The van der Waals surface area contributed by atoms with Gasteiger partial charge in [-0.25, -0.2) is 4.98 Å². The summed E-state index contributed by atoms with van der Waals surface area (Å²) in [5, 5.41) is 2.92. The number of anilines is 3. The van der Waals surface area contributed by atoms with Crippen LogP contribution in [0.5, 0.6) is 5.75 Å². The van der Waals surface area contributed by atoms with Gasteiger partial charge in [0, 0.05) is 11.9 Å². The highest BCUT2D eigenvalue weighted by atomic mass is 19.4. The Bertz CT molecular complexity index is 597. The van der Waals surface area contributed by atoms with Crippen LogP contribution in [0.3, 0.4) is 0 Å². The van der Waals surface area contributed by atoms with Gasteiger partial charge in [0.2, 0.25) is 0 Å². The minimum absolute atomic E-state index is 0.284. The highest BCUT2D eigenvalue weighted by Crippen LogP contribution is 2.26. The molecule has 0 unspecified atom stereocenters. The van der Waals surface area contributed by atoms with Crippen molar-refractivity contribution in [1.29, 1.82) is 0 Å². The van der Waals surface area contributed by atoms with Crippen LogP contribution in [0, 0.1) is 6.92 Å². The number of rotatable bonds is 3. The number of nitrogens with one attached hydrogen (secondary N) is 1. The number of aromatic nitrogens is 1. The highest BCUT2D eigenvalue weighted by molar-refractivity contribution is 5.69. The van der Waals surface area contributed by atoms with E-state index in [4.69, 9.17) is 5.73 Å². The third-order valence-electron chi connectivity index (χ3n) is 2.40. The number of benzene rings is 1. The predicted molar refractivity (Wildman–Crippen MR) is 69.8 cm³/mol. The third kappa shape index (κ3) is 3.78. The van der Waals surface area contributed by atoms with Crippen molar-refractivity contribution in [3.05, 3.63) is 42.1 Å². The first-order valence-corrected chi connectivity index (χ1v) is 5.68. The van der Waals surface area contributed by atoms with Crippen LogP contribution in [0.4, 0.5) is 30.4 Å². The van der Waals surface area contributed by atoms with E-state index in [-0.39, 0.29) is 5.75 Å². The van der Waals surface area contributed by atoms with Crippen molar-refractivity contribution in [2.45, 2.75) is 13.3 Å². The quantitative estimate of drug-likeness (QED) is 0.903. The second kappa shape index (κ2) is 5.28. The van der Waals surface area contributed by atoms with Crippen LogP contribution >= 0.6 is 0 Å². The van der Waals surface area contributed by atoms with Gasteiger partial charge in [0.25, 0.3) is 0 Å². The third-order valence-corrected chi connectivity index (χ3v) is 2.40. The van der Waals surface area contributed by atoms with Crippen molar-refractivity contribution < 1.29 is 17.9 Å². The lowest BCUT2D eigenvalue weighted by Gasteiger charge is -2.11. The molecule has 7 heteroatoms. The van der Waals surface area contributed by atoms with Gasteiger partial charge in [0.05, 0.1) is 5.69 Å². The zero-order valence-corrected chi connectivity index (χ0v) is 10.5. The number of nitrogens with two attached hydrogens (primary N) is 1.